The van der Waals surface area contributed by atoms with Crippen LogP contribution in [0.5, 0.6) is 0 Å². The summed E-state index contributed by atoms with van der Waals surface area (Å²) in [6, 6.07) is 188. The summed E-state index contributed by atoms with van der Waals surface area (Å²) >= 11 is 0. The molecule has 24 aromatic carbocycles. The van der Waals surface area contributed by atoms with Gasteiger partial charge in [-0.1, -0.05) is 461 Å². The van der Waals surface area contributed by atoms with Gasteiger partial charge in [-0.15, -0.1) is 0 Å². The van der Waals surface area contributed by atoms with Crippen LogP contribution in [-0.4, -0.2) is 0 Å². The van der Waals surface area contributed by atoms with Gasteiger partial charge in [0.1, 0.15) is 0 Å². The number of benzene rings is 24. The summed E-state index contributed by atoms with van der Waals surface area (Å²) in [4.78, 5) is 0. The van der Waals surface area contributed by atoms with Gasteiger partial charge < -0.3 is 0 Å². The highest BCUT2D eigenvalue weighted by Crippen LogP contribution is 2.81. The fraction of sp³-hybridized carbons (Fsp3) is 0.0423. The molecule has 0 saturated heterocycles. The van der Waals surface area contributed by atoms with Crippen molar-refractivity contribution in [1.29, 1.82) is 0 Å². The lowest BCUT2D eigenvalue weighted by Crippen LogP contribution is -2.31. The maximum atomic E-state index is 2.71. The quantitative estimate of drug-likeness (QED) is 0.151. The molecule has 12 aliphatic rings. The predicted molar refractivity (Wildman–Crippen MR) is 579 cm³/mol. The lowest BCUT2D eigenvalue weighted by atomic mass is 9.63. The monoisotopic (exact) mass is 1780 g/mol. The molecule has 0 unspecified atom stereocenters. The van der Waals surface area contributed by atoms with Gasteiger partial charge in [0, 0.05) is 0 Å². The van der Waals surface area contributed by atoms with E-state index in [9.17, 15) is 0 Å². The lowest BCUT2D eigenvalue weighted by Gasteiger charge is -2.37. The normalized spacial score (nSPS) is 15.8. The third-order valence-electron chi connectivity index (χ3n) is 37.0. The first-order valence-corrected chi connectivity index (χ1v) is 50.6. The van der Waals surface area contributed by atoms with E-state index in [1.165, 1.54) is 322 Å². The molecule has 0 atom stereocenters. The highest BCUT2D eigenvalue weighted by atomic mass is 14.7. The van der Waals surface area contributed by atoms with Crippen LogP contribution in [0.15, 0.2) is 473 Å². The first-order valence-electron chi connectivity index (χ1n) is 50.6. The van der Waals surface area contributed by atoms with Crippen molar-refractivity contribution in [2.45, 2.75) is 32.5 Å². The van der Waals surface area contributed by atoms with Crippen LogP contribution in [-0.2, 0) is 32.5 Å². The highest BCUT2D eigenvalue weighted by Gasteiger charge is 2.68. The summed E-state index contributed by atoms with van der Waals surface area (Å²) in [6.07, 6.45) is 0. The minimum atomic E-state index is -0.824. The molecular weight excluding hydrogens is 1710 g/mol. The van der Waals surface area contributed by atoms with Crippen molar-refractivity contribution in [3.63, 3.8) is 0 Å². The number of hydrogen-bond acceptors (Lipinski definition) is 0. The van der Waals surface area contributed by atoms with Gasteiger partial charge in [0.25, 0.3) is 0 Å². The molecule has 0 nitrogen and oxygen atoms in total. The Morgan fingerprint density at radius 2 is 0.246 bits per heavy atom. The average Bonchev–Trinajstić information content (AvgIpc) is 1.45. The topological polar surface area (TPSA) is 0 Å². The van der Waals surface area contributed by atoms with Crippen LogP contribution in [0.3, 0.4) is 0 Å². The predicted octanol–water partition coefficient (Wildman–Crippen LogP) is 34.0. The van der Waals surface area contributed by atoms with Crippen LogP contribution in [0, 0.1) is 0 Å². The molecular formula is C142H78. The van der Waals surface area contributed by atoms with Crippen molar-refractivity contribution in [2.75, 3.05) is 0 Å². The van der Waals surface area contributed by atoms with Crippen molar-refractivity contribution in [2.24, 2.45) is 0 Å². The minimum absolute atomic E-state index is 0.707. The van der Waals surface area contributed by atoms with Crippen molar-refractivity contribution < 1.29 is 0 Å². The summed E-state index contributed by atoms with van der Waals surface area (Å²) < 4.78 is 0. The molecule has 0 heterocycles. The van der Waals surface area contributed by atoms with E-state index < -0.39 is 32.5 Å². The molecule has 0 amide bonds. The fourth-order valence-corrected chi connectivity index (χ4v) is 32.8. The van der Waals surface area contributed by atoms with E-state index in [-0.39, 0.29) is 0 Å². The largest absolute Gasteiger partial charge is 0.0731 e. The van der Waals surface area contributed by atoms with Gasteiger partial charge in [-0.3, -0.25) is 0 Å². The second-order valence-corrected chi connectivity index (χ2v) is 41.9. The van der Waals surface area contributed by atoms with Gasteiger partial charge in [-0.05, 0) is 334 Å². The zero-order chi connectivity index (χ0) is 91.6. The molecule has 0 N–H and O–H groups in total. The Morgan fingerprint density at radius 3 is 0.437 bits per heavy atom. The second kappa shape index (κ2) is 25.3. The molecule has 0 heteroatoms. The van der Waals surface area contributed by atoms with Gasteiger partial charge in [-0.25, -0.2) is 0 Å². The molecule has 646 valence electrons. The van der Waals surface area contributed by atoms with Gasteiger partial charge in [-0.2, -0.15) is 0 Å². The van der Waals surface area contributed by atoms with E-state index in [0.29, 0.717) is 0 Å². The first kappa shape index (κ1) is 74.5. The molecule has 0 saturated carbocycles. The van der Waals surface area contributed by atoms with Crippen molar-refractivity contribution in [3.8, 4) is 156 Å². The van der Waals surface area contributed by atoms with E-state index in [1.54, 1.807) is 0 Å². The first-order chi connectivity index (χ1) is 70.5. The third kappa shape index (κ3) is 7.80. The Kier molecular flexibility index (Phi) is 13.2. The summed E-state index contributed by atoms with van der Waals surface area (Å²) in [5.41, 5.74) is 64.4. The van der Waals surface area contributed by atoms with Crippen LogP contribution < -0.4 is 0 Å². The van der Waals surface area contributed by atoms with Crippen LogP contribution in [0.25, 0.3) is 188 Å². The van der Waals surface area contributed by atoms with Gasteiger partial charge in [0.15, 0.2) is 0 Å². The smallest absolute Gasteiger partial charge is 0.0619 e. The van der Waals surface area contributed by atoms with Gasteiger partial charge in [0.05, 0.1) is 32.5 Å². The Bertz CT molecular complexity index is 9310. The molecule has 36 rings (SSSR count). The molecule has 6 spiro atoms. The van der Waals surface area contributed by atoms with Crippen molar-refractivity contribution >= 4 is 32.3 Å². The zero-order valence-electron chi connectivity index (χ0n) is 77.0. The van der Waals surface area contributed by atoms with Crippen LogP contribution in [0.1, 0.15) is 134 Å². The summed E-state index contributed by atoms with van der Waals surface area (Å²) in [7, 11) is 0. The van der Waals surface area contributed by atoms with E-state index in [0.717, 1.165) is 0 Å². The molecule has 0 aromatic heterocycles. The Morgan fingerprint density at radius 1 is 0.106 bits per heavy atom. The highest BCUT2D eigenvalue weighted by molar-refractivity contribution is 6.28. The number of hydrogen-bond donors (Lipinski definition) is 0. The van der Waals surface area contributed by atoms with Gasteiger partial charge >= 0.3 is 0 Å². The van der Waals surface area contributed by atoms with E-state index in [4.69, 9.17) is 0 Å². The molecule has 12 aliphatic carbocycles. The van der Waals surface area contributed by atoms with Crippen LogP contribution >= 0.6 is 0 Å². The Labute approximate surface area is 821 Å². The third-order valence-corrected chi connectivity index (χ3v) is 37.0. The van der Waals surface area contributed by atoms with Crippen molar-refractivity contribution in [1.82, 2.24) is 0 Å². The molecule has 0 radical (unpaired) electrons. The van der Waals surface area contributed by atoms with E-state index >= 15 is 0 Å². The SMILES string of the molecule is c1ccc2c(c1)-c1ccccc1C21c2ccccc2-c2c1c1c(c3c2C2(c4ccccc4-c4ccccc42)c2cc(-c4ccc5ccc6c(-c7ccc8c(c7)C7(c9ccccc9-c9ccccc97)c7c9c(c%10c(c7-8)C7(c8ccccc8-c8ccccc87)c7ccccc7-%10)C7(c8ccccc8-c8ccccc87)c7ccccc7-9)ccc7ccc4c5c76)ccc2-3)C2(c3ccccc3-c3ccccc32)c2ccccc2-1. The number of fused-ring (bicyclic) bond motifs is 66. The average molecular weight is 1780 g/mol. The lowest BCUT2D eigenvalue weighted by molar-refractivity contribution is 0.764. The van der Waals surface area contributed by atoms with E-state index in [2.05, 4.69) is 473 Å². The maximum Gasteiger partial charge on any atom is 0.0731 e. The molecule has 24 aromatic rings. The maximum absolute atomic E-state index is 2.71. The fourth-order valence-electron chi connectivity index (χ4n) is 32.8. The summed E-state index contributed by atoms with van der Waals surface area (Å²) in [6.45, 7) is 0. The molecule has 142 heavy (non-hydrogen) atoms. The summed E-state index contributed by atoms with van der Waals surface area (Å²) in [5.74, 6) is 0. The van der Waals surface area contributed by atoms with Crippen LogP contribution in [0.4, 0.5) is 0 Å². The van der Waals surface area contributed by atoms with Gasteiger partial charge in [0.2, 0.25) is 0 Å². The Balaban J connectivity index is 0.622. The number of rotatable bonds is 2. The van der Waals surface area contributed by atoms with Crippen LogP contribution in [0.2, 0.25) is 0 Å². The second-order valence-electron chi connectivity index (χ2n) is 41.9. The van der Waals surface area contributed by atoms with E-state index in [1.807, 2.05) is 0 Å². The molecule has 0 fully saturated rings. The minimum Gasteiger partial charge on any atom is -0.0619 e. The molecule has 0 bridgehead atoms. The Hall–Kier alpha value is -17.7. The standard InChI is InChI=1S/C142H78/c1-17-49-105-85(33-1)86-34-2-18-50-106(86)137(105)119-63-31-15-47-101(119)127-131(137)125-99-45-13-29-61-117(99)139(109-53-21-5-37-89(109)90-38-6-22-54-110(90)139)133(125)129-103-75-69-81(77-121(103)141(135(127)129)113-57-25-9-41-93(113)94-42-10-26-58-114(94)141)83-71-65-79-68-74-98-84(72-66-80-67-73-97(83)123(79)124(80)98)82-70-76-104-122(78-82)142(115-59-27-11-43-95(115)96-44-12-28-60-116(96)142)136-128-102-48-16-32-64-120(102)138(107-51-19-3-35-87(107)88-36-4-20-52-108(88)138)132(128)126-100-46-14-30-62-118(100)140(134(126)130(104)136)111-55-23-7-39-91(111)92-40-8-24-56-112(92)140/h1-78H. The van der Waals surface area contributed by atoms with Crippen molar-refractivity contribution in [3.05, 3.63) is 607 Å². The summed E-state index contributed by atoms with van der Waals surface area (Å²) in [5, 5.41) is 7.53. The molecule has 0 aliphatic heterocycles. The zero-order valence-corrected chi connectivity index (χ0v) is 77.0.